The van der Waals surface area contributed by atoms with Gasteiger partial charge in [-0.25, -0.2) is 0 Å². The fourth-order valence-corrected chi connectivity index (χ4v) is 2.18. The van der Waals surface area contributed by atoms with Gasteiger partial charge < -0.3 is 4.90 Å². The normalized spacial score (nSPS) is 28.4. The molecule has 0 aliphatic carbocycles. The molecule has 0 spiro atoms. The molecule has 0 amide bonds. The van der Waals surface area contributed by atoms with Crippen LogP contribution in [0.15, 0.2) is 5.11 Å². The van der Waals surface area contributed by atoms with Crippen molar-refractivity contribution in [2.45, 2.75) is 39.2 Å². The second-order valence-corrected chi connectivity index (χ2v) is 4.32. The van der Waals surface area contributed by atoms with Crippen molar-refractivity contribution >= 4 is 0 Å². The highest BCUT2D eigenvalue weighted by atomic mass is 15.2. The number of azide groups is 1. The molecule has 1 saturated heterocycles. The summed E-state index contributed by atoms with van der Waals surface area (Å²) in [5.41, 5.74) is 8.13. The van der Waals surface area contributed by atoms with Crippen LogP contribution in [0.2, 0.25) is 0 Å². The van der Waals surface area contributed by atoms with Crippen LogP contribution in [-0.2, 0) is 0 Å². The summed E-state index contributed by atoms with van der Waals surface area (Å²) >= 11 is 0. The lowest BCUT2D eigenvalue weighted by Gasteiger charge is -2.36. The Morgan fingerprint density at radius 1 is 1.50 bits per heavy atom. The van der Waals surface area contributed by atoms with Crippen LogP contribution in [0.25, 0.3) is 10.4 Å². The second-order valence-electron chi connectivity index (χ2n) is 4.32. The molecule has 0 bridgehead atoms. The lowest BCUT2D eigenvalue weighted by atomic mass is 9.93. The summed E-state index contributed by atoms with van der Waals surface area (Å²) in [6, 6.07) is 0.699. The Balaban J connectivity index is 2.20. The summed E-state index contributed by atoms with van der Waals surface area (Å²) in [7, 11) is 0. The first-order chi connectivity index (χ1) is 6.74. The van der Waals surface area contributed by atoms with Gasteiger partial charge in [0, 0.05) is 17.5 Å². The van der Waals surface area contributed by atoms with Crippen molar-refractivity contribution in [3.63, 3.8) is 0 Å². The Bertz CT molecular complexity index is 210. The topological polar surface area (TPSA) is 52.0 Å². The molecular formula is C10H20N4. The van der Waals surface area contributed by atoms with E-state index < -0.39 is 0 Å². The van der Waals surface area contributed by atoms with Gasteiger partial charge in [-0.2, -0.15) is 0 Å². The van der Waals surface area contributed by atoms with E-state index in [4.69, 9.17) is 5.53 Å². The van der Waals surface area contributed by atoms with E-state index in [0.717, 1.165) is 18.9 Å². The zero-order chi connectivity index (χ0) is 10.4. The predicted molar refractivity (Wildman–Crippen MR) is 58.1 cm³/mol. The largest absolute Gasteiger partial charge is 0.301 e. The third-order valence-corrected chi connectivity index (χ3v) is 3.04. The maximum Gasteiger partial charge on any atom is 0.0270 e. The summed E-state index contributed by atoms with van der Waals surface area (Å²) in [4.78, 5) is 5.26. The molecule has 80 valence electrons. The van der Waals surface area contributed by atoms with Gasteiger partial charge in [0.05, 0.1) is 0 Å². The Morgan fingerprint density at radius 2 is 2.29 bits per heavy atom. The monoisotopic (exact) mass is 196 g/mol. The van der Waals surface area contributed by atoms with Crippen LogP contribution < -0.4 is 0 Å². The molecule has 0 aromatic rings. The predicted octanol–water partition coefficient (Wildman–Crippen LogP) is 2.81. The van der Waals surface area contributed by atoms with Crippen LogP contribution in [0.5, 0.6) is 0 Å². The highest BCUT2D eigenvalue weighted by Gasteiger charge is 2.21. The van der Waals surface area contributed by atoms with Gasteiger partial charge in [-0.15, -0.1) is 0 Å². The molecule has 0 radical (unpaired) electrons. The summed E-state index contributed by atoms with van der Waals surface area (Å²) in [6.45, 7) is 7.54. The molecule has 1 fully saturated rings. The van der Waals surface area contributed by atoms with Crippen molar-refractivity contribution in [3.05, 3.63) is 10.4 Å². The van der Waals surface area contributed by atoms with Crippen molar-refractivity contribution in [1.29, 1.82) is 0 Å². The van der Waals surface area contributed by atoms with Crippen molar-refractivity contribution in [2.75, 3.05) is 19.6 Å². The smallest absolute Gasteiger partial charge is 0.0270 e. The van der Waals surface area contributed by atoms with E-state index in [9.17, 15) is 0 Å². The van der Waals surface area contributed by atoms with Gasteiger partial charge in [-0.05, 0) is 50.7 Å². The van der Waals surface area contributed by atoms with Crippen molar-refractivity contribution in [3.8, 4) is 0 Å². The number of piperidine rings is 1. The van der Waals surface area contributed by atoms with E-state index in [1.807, 2.05) is 0 Å². The first-order valence-corrected chi connectivity index (χ1v) is 5.49. The van der Waals surface area contributed by atoms with Crippen LogP contribution in [0.1, 0.15) is 33.1 Å². The molecule has 1 aliphatic rings. The highest BCUT2D eigenvalue weighted by molar-refractivity contribution is 4.76. The van der Waals surface area contributed by atoms with Crippen LogP contribution in [0, 0.1) is 5.92 Å². The first-order valence-electron chi connectivity index (χ1n) is 5.49. The van der Waals surface area contributed by atoms with Gasteiger partial charge >= 0.3 is 0 Å². The van der Waals surface area contributed by atoms with E-state index in [1.54, 1.807) is 0 Å². The van der Waals surface area contributed by atoms with E-state index in [-0.39, 0.29) is 0 Å². The fourth-order valence-electron chi connectivity index (χ4n) is 2.18. The Morgan fingerprint density at radius 3 is 2.93 bits per heavy atom. The zero-order valence-electron chi connectivity index (χ0n) is 9.19. The standard InChI is InChI=1S/C10H20N4/c1-9-4-7-14(10(2)8-9)6-3-5-12-13-11/h9-10H,3-8H2,1-2H3. The van der Waals surface area contributed by atoms with Gasteiger partial charge in [0.25, 0.3) is 0 Å². The second kappa shape index (κ2) is 5.89. The number of likely N-dealkylation sites (tertiary alicyclic amines) is 1. The molecule has 4 heteroatoms. The summed E-state index contributed by atoms with van der Waals surface area (Å²) in [6.07, 6.45) is 3.61. The minimum atomic E-state index is 0.634. The van der Waals surface area contributed by atoms with Crippen LogP contribution in [-0.4, -0.2) is 30.6 Å². The van der Waals surface area contributed by atoms with Gasteiger partial charge in [0.15, 0.2) is 0 Å². The van der Waals surface area contributed by atoms with E-state index >= 15 is 0 Å². The molecule has 2 unspecified atom stereocenters. The van der Waals surface area contributed by atoms with E-state index in [0.29, 0.717) is 12.6 Å². The molecular weight excluding hydrogens is 176 g/mol. The van der Waals surface area contributed by atoms with E-state index in [1.165, 1.54) is 19.4 Å². The Labute approximate surface area is 85.9 Å². The molecule has 4 nitrogen and oxygen atoms in total. The van der Waals surface area contributed by atoms with Crippen LogP contribution in [0.3, 0.4) is 0 Å². The van der Waals surface area contributed by atoms with E-state index in [2.05, 4.69) is 28.8 Å². The molecule has 0 aromatic carbocycles. The lowest BCUT2D eigenvalue weighted by molar-refractivity contribution is 0.129. The number of rotatable bonds is 4. The minimum Gasteiger partial charge on any atom is -0.301 e. The Kier molecular flexibility index (Phi) is 4.77. The Hall–Kier alpha value is -0.730. The number of hydrogen-bond acceptors (Lipinski definition) is 2. The van der Waals surface area contributed by atoms with Crippen molar-refractivity contribution in [2.24, 2.45) is 11.0 Å². The first kappa shape index (κ1) is 11.3. The van der Waals surface area contributed by atoms with Gasteiger partial charge in [0.2, 0.25) is 0 Å². The molecule has 2 atom stereocenters. The number of nitrogens with zero attached hydrogens (tertiary/aromatic N) is 4. The average molecular weight is 196 g/mol. The lowest BCUT2D eigenvalue weighted by Crippen LogP contribution is -2.40. The van der Waals surface area contributed by atoms with Crippen molar-refractivity contribution in [1.82, 2.24) is 4.90 Å². The minimum absolute atomic E-state index is 0.634. The van der Waals surface area contributed by atoms with Gasteiger partial charge in [-0.3, -0.25) is 0 Å². The maximum atomic E-state index is 8.13. The molecule has 0 aromatic heterocycles. The fraction of sp³-hybridized carbons (Fsp3) is 1.00. The molecule has 14 heavy (non-hydrogen) atoms. The van der Waals surface area contributed by atoms with Crippen LogP contribution in [0.4, 0.5) is 0 Å². The third-order valence-electron chi connectivity index (χ3n) is 3.04. The summed E-state index contributed by atoms with van der Waals surface area (Å²) in [5, 5.41) is 3.55. The molecule has 0 N–H and O–H groups in total. The number of hydrogen-bond donors (Lipinski definition) is 0. The van der Waals surface area contributed by atoms with Crippen LogP contribution >= 0.6 is 0 Å². The molecule has 0 saturated carbocycles. The van der Waals surface area contributed by atoms with Gasteiger partial charge in [-0.1, -0.05) is 12.0 Å². The SMILES string of the molecule is CC1CCN(CCCN=[N+]=[N-])C(C)C1. The summed E-state index contributed by atoms with van der Waals surface area (Å²) < 4.78 is 0. The average Bonchev–Trinajstić information content (AvgIpc) is 2.15. The molecule has 1 heterocycles. The molecule has 1 aliphatic heterocycles. The molecule has 1 rings (SSSR count). The maximum absolute atomic E-state index is 8.13. The highest BCUT2D eigenvalue weighted by Crippen LogP contribution is 2.21. The summed E-state index contributed by atoms with van der Waals surface area (Å²) in [5.74, 6) is 0.873. The van der Waals surface area contributed by atoms with Crippen molar-refractivity contribution < 1.29 is 0 Å². The third kappa shape index (κ3) is 3.56. The zero-order valence-corrected chi connectivity index (χ0v) is 9.19. The van der Waals surface area contributed by atoms with Gasteiger partial charge in [0.1, 0.15) is 0 Å². The quantitative estimate of drug-likeness (QED) is 0.295.